The van der Waals surface area contributed by atoms with Crippen molar-refractivity contribution in [1.82, 2.24) is 0 Å². The van der Waals surface area contributed by atoms with Crippen molar-refractivity contribution in [3.63, 3.8) is 0 Å². The van der Waals surface area contributed by atoms with E-state index in [0.717, 1.165) is 11.4 Å². The van der Waals surface area contributed by atoms with Crippen LogP contribution in [0, 0.1) is 23.7 Å². The Morgan fingerprint density at radius 1 is 0.795 bits per heavy atom. The zero-order valence-electron chi connectivity index (χ0n) is 25.1. The Labute approximate surface area is 236 Å². The van der Waals surface area contributed by atoms with Crippen LogP contribution in [-0.4, -0.2) is 38.1 Å². The summed E-state index contributed by atoms with van der Waals surface area (Å²) in [5.41, 5.74) is 2.04. The molecule has 210 valence electrons. The highest BCUT2D eigenvalue weighted by molar-refractivity contribution is 6.99. The molecule has 0 fully saturated rings. The van der Waals surface area contributed by atoms with E-state index in [1.54, 1.807) is 0 Å². The SMILES string of the molecule is CC(C)[C@H]1ON=C(/C=C\[C@H](C)C2=NO[C@@H]([C@@H](C)O[Si](c3ccccc3)(c3ccccc3)C(C)(C)C)[C@H]2C)[C@@H]1C. The summed E-state index contributed by atoms with van der Waals surface area (Å²) in [6.07, 6.45) is 4.10. The van der Waals surface area contributed by atoms with Gasteiger partial charge in [0.25, 0.3) is 8.32 Å². The minimum Gasteiger partial charge on any atom is -0.401 e. The molecule has 0 saturated heterocycles. The van der Waals surface area contributed by atoms with E-state index < -0.39 is 8.32 Å². The molecular formula is C33H46N2O3Si. The lowest BCUT2D eigenvalue weighted by atomic mass is 9.87. The number of rotatable bonds is 9. The Balaban J connectivity index is 1.54. The average molecular weight is 547 g/mol. The molecule has 6 heteroatoms. The van der Waals surface area contributed by atoms with Crippen LogP contribution in [0.5, 0.6) is 0 Å². The van der Waals surface area contributed by atoms with Crippen LogP contribution in [0.1, 0.15) is 62.3 Å². The molecule has 2 heterocycles. The van der Waals surface area contributed by atoms with E-state index >= 15 is 0 Å². The second kappa shape index (κ2) is 11.8. The minimum atomic E-state index is -2.69. The third-order valence-corrected chi connectivity index (χ3v) is 13.5. The largest absolute Gasteiger partial charge is 0.401 e. The van der Waals surface area contributed by atoms with Crippen molar-refractivity contribution in [3.05, 3.63) is 72.8 Å². The van der Waals surface area contributed by atoms with Crippen molar-refractivity contribution >= 4 is 30.1 Å². The second-order valence-electron chi connectivity index (χ2n) is 12.6. The first-order valence-corrected chi connectivity index (χ1v) is 16.3. The fourth-order valence-electron chi connectivity index (χ4n) is 6.18. The molecule has 0 amide bonds. The fraction of sp³-hybridized carbons (Fsp3) is 0.515. The topological polar surface area (TPSA) is 52.4 Å². The van der Waals surface area contributed by atoms with Gasteiger partial charge in [-0.15, -0.1) is 0 Å². The van der Waals surface area contributed by atoms with Gasteiger partial charge in [-0.1, -0.05) is 132 Å². The zero-order chi connectivity index (χ0) is 28.4. The predicted octanol–water partition coefficient (Wildman–Crippen LogP) is 6.58. The third kappa shape index (κ3) is 5.78. The number of nitrogens with zero attached hydrogens (tertiary/aromatic N) is 2. The van der Waals surface area contributed by atoms with Gasteiger partial charge in [-0.3, -0.25) is 0 Å². The van der Waals surface area contributed by atoms with Crippen molar-refractivity contribution < 1.29 is 14.1 Å². The molecule has 6 atom stereocenters. The van der Waals surface area contributed by atoms with Gasteiger partial charge in [-0.25, -0.2) is 0 Å². The van der Waals surface area contributed by atoms with Gasteiger partial charge in [0.1, 0.15) is 6.10 Å². The van der Waals surface area contributed by atoms with Crippen LogP contribution in [0.15, 0.2) is 83.1 Å². The standard InChI is InChI=1S/C33H46N2O3Si/c1-22(2)31-24(4)29(34-36-31)21-20-23(3)30-25(5)32(37-35-30)26(6)38-39(33(7,8)9,27-16-12-10-13-17-27)28-18-14-11-15-19-28/h10-26,31-32H,1-9H3/b21-20-/t23-,24-,25-,26+,31+,32+/m0/s1. The van der Waals surface area contributed by atoms with E-state index in [1.807, 2.05) is 0 Å². The highest BCUT2D eigenvalue weighted by Crippen LogP contribution is 2.39. The lowest BCUT2D eigenvalue weighted by molar-refractivity contribution is -0.0169. The van der Waals surface area contributed by atoms with Crippen LogP contribution in [0.25, 0.3) is 0 Å². The lowest BCUT2D eigenvalue weighted by Gasteiger charge is -2.45. The normalized spacial score (nSPS) is 25.3. The second-order valence-corrected chi connectivity index (χ2v) is 16.9. The molecule has 2 aliphatic rings. The van der Waals surface area contributed by atoms with Gasteiger partial charge in [-0.05, 0) is 34.3 Å². The summed E-state index contributed by atoms with van der Waals surface area (Å²) in [4.78, 5) is 11.8. The molecule has 5 nitrogen and oxygen atoms in total. The van der Waals surface area contributed by atoms with E-state index in [0.29, 0.717) is 5.92 Å². The summed E-state index contributed by atoms with van der Waals surface area (Å²) in [5.74, 6) is 0.955. The van der Waals surface area contributed by atoms with Gasteiger partial charge in [0.05, 0.1) is 17.5 Å². The monoisotopic (exact) mass is 546 g/mol. The highest BCUT2D eigenvalue weighted by Gasteiger charge is 2.53. The van der Waals surface area contributed by atoms with Crippen molar-refractivity contribution in [1.29, 1.82) is 0 Å². The summed E-state index contributed by atoms with van der Waals surface area (Å²) in [5, 5.41) is 11.4. The van der Waals surface area contributed by atoms with Crippen LogP contribution in [-0.2, 0) is 14.1 Å². The van der Waals surface area contributed by atoms with Crippen LogP contribution in [0.2, 0.25) is 5.04 Å². The molecule has 0 saturated carbocycles. The highest BCUT2D eigenvalue weighted by atomic mass is 28.4. The molecule has 0 bridgehead atoms. The van der Waals surface area contributed by atoms with Crippen LogP contribution in [0.4, 0.5) is 0 Å². The molecule has 4 rings (SSSR count). The number of benzene rings is 2. The zero-order valence-corrected chi connectivity index (χ0v) is 26.1. The van der Waals surface area contributed by atoms with E-state index in [-0.39, 0.29) is 41.1 Å². The molecule has 2 aromatic rings. The van der Waals surface area contributed by atoms with E-state index in [4.69, 9.17) is 14.1 Å². The Kier molecular flexibility index (Phi) is 8.87. The Morgan fingerprint density at radius 3 is 1.82 bits per heavy atom. The first kappa shape index (κ1) is 29.3. The number of hydrogen-bond acceptors (Lipinski definition) is 5. The summed E-state index contributed by atoms with van der Waals surface area (Å²) >= 11 is 0. The van der Waals surface area contributed by atoms with Crippen molar-refractivity contribution in [3.8, 4) is 0 Å². The van der Waals surface area contributed by atoms with Crippen molar-refractivity contribution in [2.45, 2.75) is 85.7 Å². The Bertz CT molecular complexity index is 1150. The Morgan fingerprint density at radius 2 is 1.33 bits per heavy atom. The Hall–Kier alpha value is -2.70. The quantitative estimate of drug-likeness (QED) is 0.334. The summed E-state index contributed by atoms with van der Waals surface area (Å²) in [6, 6.07) is 21.5. The summed E-state index contributed by atoms with van der Waals surface area (Å²) in [6.45, 7) is 20.0. The van der Waals surface area contributed by atoms with Gasteiger partial charge in [0.2, 0.25) is 0 Å². The van der Waals surface area contributed by atoms with Crippen molar-refractivity contribution in [2.24, 2.45) is 34.0 Å². The van der Waals surface area contributed by atoms with Crippen LogP contribution < -0.4 is 10.4 Å². The molecule has 2 aromatic carbocycles. The van der Waals surface area contributed by atoms with Gasteiger partial charge in [-0.2, -0.15) is 0 Å². The van der Waals surface area contributed by atoms with Crippen LogP contribution in [0.3, 0.4) is 0 Å². The summed E-state index contributed by atoms with van der Waals surface area (Å²) < 4.78 is 7.33. The van der Waals surface area contributed by atoms with Gasteiger partial charge < -0.3 is 14.1 Å². The average Bonchev–Trinajstić information content (AvgIpc) is 3.48. The molecule has 0 spiro atoms. The molecular weight excluding hydrogens is 500 g/mol. The number of oxime groups is 2. The predicted molar refractivity (Wildman–Crippen MR) is 164 cm³/mol. The molecule has 0 radical (unpaired) electrons. The minimum absolute atomic E-state index is 0.0971. The molecule has 0 unspecified atom stereocenters. The number of allylic oxidation sites excluding steroid dienone is 2. The fourth-order valence-corrected chi connectivity index (χ4v) is 10.9. The number of hydrogen-bond donors (Lipinski definition) is 0. The lowest BCUT2D eigenvalue weighted by Crippen LogP contribution is -2.68. The smallest absolute Gasteiger partial charge is 0.261 e. The molecule has 2 aliphatic heterocycles. The first-order valence-electron chi connectivity index (χ1n) is 14.4. The van der Waals surface area contributed by atoms with E-state index in [1.165, 1.54) is 10.4 Å². The summed E-state index contributed by atoms with van der Waals surface area (Å²) in [7, 11) is -2.69. The third-order valence-electron chi connectivity index (χ3n) is 8.40. The molecule has 0 aliphatic carbocycles. The molecule has 0 N–H and O–H groups in total. The van der Waals surface area contributed by atoms with E-state index in [9.17, 15) is 0 Å². The van der Waals surface area contributed by atoms with Gasteiger partial charge in [0.15, 0.2) is 6.10 Å². The van der Waals surface area contributed by atoms with Gasteiger partial charge >= 0.3 is 0 Å². The van der Waals surface area contributed by atoms with Crippen molar-refractivity contribution in [2.75, 3.05) is 0 Å². The molecule has 39 heavy (non-hydrogen) atoms. The molecule has 0 aromatic heterocycles. The maximum Gasteiger partial charge on any atom is 0.261 e. The maximum absolute atomic E-state index is 7.33. The van der Waals surface area contributed by atoms with E-state index in [2.05, 4.69) is 145 Å². The first-order chi connectivity index (χ1) is 18.5. The van der Waals surface area contributed by atoms with Gasteiger partial charge in [0, 0.05) is 17.8 Å². The van der Waals surface area contributed by atoms with Crippen LogP contribution >= 0.6 is 0 Å². The maximum atomic E-state index is 7.33.